The Kier molecular flexibility index (Phi) is 3.02. The highest BCUT2D eigenvalue weighted by molar-refractivity contribution is 5.82. The van der Waals surface area contributed by atoms with E-state index in [1.807, 2.05) is 17.0 Å². The zero-order valence-electron chi connectivity index (χ0n) is 10.1. The van der Waals surface area contributed by atoms with Crippen molar-refractivity contribution in [2.24, 2.45) is 0 Å². The first-order chi connectivity index (χ1) is 7.97. The molecule has 2 rings (SSSR count). The number of aliphatic hydroxyl groups is 1. The Morgan fingerprint density at radius 2 is 2.24 bits per heavy atom. The van der Waals surface area contributed by atoms with Crippen LogP contribution in [0, 0.1) is 0 Å². The number of nitrogens with one attached hydrogen (secondary N) is 1. The summed E-state index contributed by atoms with van der Waals surface area (Å²) in [7, 11) is 0. The van der Waals surface area contributed by atoms with Crippen LogP contribution in [0.25, 0.3) is 0 Å². The normalized spacial score (nSPS) is 16.9. The second-order valence-corrected chi connectivity index (χ2v) is 4.74. The molecule has 1 fully saturated rings. The maximum absolute atomic E-state index is 11.3. The van der Waals surface area contributed by atoms with Gasteiger partial charge in [0.05, 0.1) is 12.1 Å². The highest BCUT2D eigenvalue weighted by Crippen LogP contribution is 2.21. The van der Waals surface area contributed by atoms with Crippen LogP contribution in [0.4, 0.5) is 5.82 Å². The van der Waals surface area contributed by atoms with Gasteiger partial charge in [-0.3, -0.25) is 4.79 Å². The summed E-state index contributed by atoms with van der Waals surface area (Å²) < 4.78 is 0. The van der Waals surface area contributed by atoms with Crippen molar-refractivity contribution in [2.45, 2.75) is 19.4 Å². The van der Waals surface area contributed by atoms with Crippen LogP contribution in [0.15, 0.2) is 18.3 Å². The molecule has 17 heavy (non-hydrogen) atoms. The van der Waals surface area contributed by atoms with Crippen molar-refractivity contribution in [1.29, 1.82) is 0 Å². The van der Waals surface area contributed by atoms with Gasteiger partial charge in [-0.2, -0.15) is 0 Å². The van der Waals surface area contributed by atoms with Crippen LogP contribution in [0.1, 0.15) is 19.4 Å². The summed E-state index contributed by atoms with van der Waals surface area (Å²) in [5, 5.41) is 12.6. The van der Waals surface area contributed by atoms with Crippen molar-refractivity contribution in [1.82, 2.24) is 10.3 Å². The van der Waals surface area contributed by atoms with Gasteiger partial charge in [0.15, 0.2) is 0 Å². The number of hydrogen-bond acceptors (Lipinski definition) is 4. The second kappa shape index (κ2) is 4.33. The fourth-order valence-electron chi connectivity index (χ4n) is 1.77. The topological polar surface area (TPSA) is 65.5 Å². The Morgan fingerprint density at radius 1 is 1.47 bits per heavy atom. The third-order valence-corrected chi connectivity index (χ3v) is 2.82. The van der Waals surface area contributed by atoms with Crippen LogP contribution >= 0.6 is 0 Å². The monoisotopic (exact) mass is 235 g/mol. The molecule has 0 saturated carbocycles. The largest absolute Gasteiger partial charge is 0.386 e. The molecule has 1 amide bonds. The lowest BCUT2D eigenvalue weighted by molar-refractivity contribution is -0.120. The van der Waals surface area contributed by atoms with Crippen molar-refractivity contribution in [3.05, 3.63) is 23.9 Å². The summed E-state index contributed by atoms with van der Waals surface area (Å²) in [6, 6.07) is 3.68. The third-order valence-electron chi connectivity index (χ3n) is 2.82. The summed E-state index contributed by atoms with van der Waals surface area (Å²) >= 11 is 0. The Bertz CT molecular complexity index is 409. The van der Waals surface area contributed by atoms with Gasteiger partial charge < -0.3 is 15.3 Å². The molecular formula is C12H17N3O2. The van der Waals surface area contributed by atoms with Crippen LogP contribution in [-0.4, -0.2) is 35.6 Å². The fourth-order valence-corrected chi connectivity index (χ4v) is 1.77. The van der Waals surface area contributed by atoms with Gasteiger partial charge in [-0.25, -0.2) is 4.98 Å². The molecule has 0 aromatic carbocycles. The van der Waals surface area contributed by atoms with E-state index in [4.69, 9.17) is 0 Å². The Morgan fingerprint density at radius 3 is 2.76 bits per heavy atom. The molecule has 2 heterocycles. The van der Waals surface area contributed by atoms with E-state index < -0.39 is 5.60 Å². The number of hydrogen-bond donors (Lipinski definition) is 2. The fraction of sp³-hybridized carbons (Fsp3) is 0.500. The molecule has 0 spiro atoms. The standard InChI is InChI=1S/C12H17N3O2/c1-12(2,17)9-3-4-10(14-7-9)15-6-5-13-11(16)8-15/h3-4,7,17H,5-6,8H2,1-2H3,(H,13,16). The first-order valence-corrected chi connectivity index (χ1v) is 5.67. The Balaban J connectivity index is 2.15. The molecule has 1 aliphatic heterocycles. The van der Waals surface area contributed by atoms with Crippen molar-refractivity contribution in [3.8, 4) is 0 Å². The zero-order chi connectivity index (χ0) is 12.5. The highest BCUT2D eigenvalue weighted by Gasteiger charge is 2.19. The van der Waals surface area contributed by atoms with E-state index in [-0.39, 0.29) is 5.91 Å². The number of nitrogens with zero attached hydrogens (tertiary/aromatic N) is 2. The van der Waals surface area contributed by atoms with Crippen LogP contribution in [0.2, 0.25) is 0 Å². The molecule has 0 aliphatic carbocycles. The number of pyridine rings is 1. The number of piperazine rings is 1. The number of amides is 1. The summed E-state index contributed by atoms with van der Waals surface area (Å²) in [6.07, 6.45) is 1.65. The van der Waals surface area contributed by atoms with E-state index in [1.54, 1.807) is 20.0 Å². The molecule has 0 unspecified atom stereocenters. The van der Waals surface area contributed by atoms with Gasteiger partial charge in [-0.15, -0.1) is 0 Å². The van der Waals surface area contributed by atoms with Crippen LogP contribution in [0.5, 0.6) is 0 Å². The van der Waals surface area contributed by atoms with Crippen molar-refractivity contribution < 1.29 is 9.90 Å². The maximum Gasteiger partial charge on any atom is 0.239 e. The highest BCUT2D eigenvalue weighted by atomic mass is 16.3. The third kappa shape index (κ3) is 2.74. The molecule has 5 heteroatoms. The lowest BCUT2D eigenvalue weighted by atomic mass is 10.0. The Labute approximate surface area is 100 Å². The number of rotatable bonds is 2. The van der Waals surface area contributed by atoms with E-state index in [2.05, 4.69) is 10.3 Å². The number of anilines is 1. The minimum absolute atomic E-state index is 0.0182. The van der Waals surface area contributed by atoms with Crippen LogP contribution in [-0.2, 0) is 10.4 Å². The summed E-state index contributed by atoms with van der Waals surface area (Å²) in [6.45, 7) is 5.19. The minimum atomic E-state index is -0.884. The van der Waals surface area contributed by atoms with Gasteiger partial charge >= 0.3 is 0 Å². The lowest BCUT2D eigenvalue weighted by Gasteiger charge is -2.28. The average Bonchev–Trinajstić information content (AvgIpc) is 2.28. The maximum atomic E-state index is 11.3. The molecule has 1 aromatic rings. The van der Waals surface area contributed by atoms with Crippen LogP contribution < -0.4 is 10.2 Å². The van der Waals surface area contributed by atoms with Gasteiger partial charge in [-0.05, 0) is 19.9 Å². The predicted octanol–water partition coefficient (Wildman–Crippen LogP) is 0.245. The number of aromatic nitrogens is 1. The molecule has 1 saturated heterocycles. The smallest absolute Gasteiger partial charge is 0.239 e. The molecule has 92 valence electrons. The van der Waals surface area contributed by atoms with Crippen molar-refractivity contribution in [3.63, 3.8) is 0 Å². The summed E-state index contributed by atoms with van der Waals surface area (Å²) in [4.78, 5) is 17.5. The van der Waals surface area contributed by atoms with Gasteiger partial charge in [0.2, 0.25) is 5.91 Å². The molecule has 0 radical (unpaired) electrons. The average molecular weight is 235 g/mol. The number of carbonyl (C=O) groups is 1. The van der Waals surface area contributed by atoms with Crippen molar-refractivity contribution >= 4 is 11.7 Å². The van der Waals surface area contributed by atoms with E-state index in [1.165, 1.54) is 0 Å². The summed E-state index contributed by atoms with van der Waals surface area (Å²) in [5.41, 5.74) is -0.118. The van der Waals surface area contributed by atoms with Crippen molar-refractivity contribution in [2.75, 3.05) is 24.5 Å². The molecular weight excluding hydrogens is 218 g/mol. The molecule has 0 bridgehead atoms. The van der Waals surface area contributed by atoms with Gasteiger partial charge in [0.25, 0.3) is 0 Å². The quantitative estimate of drug-likeness (QED) is 0.771. The Hall–Kier alpha value is -1.62. The second-order valence-electron chi connectivity index (χ2n) is 4.74. The van der Waals surface area contributed by atoms with E-state index >= 15 is 0 Å². The van der Waals surface area contributed by atoms with E-state index in [0.29, 0.717) is 13.1 Å². The molecule has 1 aromatic heterocycles. The van der Waals surface area contributed by atoms with Crippen LogP contribution in [0.3, 0.4) is 0 Å². The summed E-state index contributed by atoms with van der Waals surface area (Å²) in [5.74, 6) is 0.789. The first kappa shape index (κ1) is 11.9. The van der Waals surface area contributed by atoms with E-state index in [9.17, 15) is 9.90 Å². The predicted molar refractivity (Wildman–Crippen MR) is 64.7 cm³/mol. The molecule has 1 aliphatic rings. The first-order valence-electron chi connectivity index (χ1n) is 5.67. The van der Waals surface area contributed by atoms with E-state index in [0.717, 1.165) is 17.9 Å². The minimum Gasteiger partial charge on any atom is -0.386 e. The molecule has 0 atom stereocenters. The molecule has 2 N–H and O–H groups in total. The van der Waals surface area contributed by atoms with Gasteiger partial charge in [0, 0.05) is 24.8 Å². The SMILES string of the molecule is CC(C)(O)c1ccc(N2CCNC(=O)C2)nc1. The van der Waals surface area contributed by atoms with Gasteiger partial charge in [-0.1, -0.05) is 6.07 Å². The molecule has 5 nitrogen and oxygen atoms in total. The number of carbonyl (C=O) groups excluding carboxylic acids is 1. The lowest BCUT2D eigenvalue weighted by Crippen LogP contribution is -2.48. The zero-order valence-corrected chi connectivity index (χ0v) is 10.1. The van der Waals surface area contributed by atoms with Gasteiger partial charge in [0.1, 0.15) is 5.82 Å².